The highest BCUT2D eigenvalue weighted by molar-refractivity contribution is 6.61. The number of hydrogen-bond donors (Lipinski definition) is 3. The van der Waals surface area contributed by atoms with Crippen molar-refractivity contribution in [2.45, 2.75) is 19.4 Å². The molecule has 1 aliphatic heterocycles. The second-order valence-corrected chi connectivity index (χ2v) is 5.36. The van der Waals surface area contributed by atoms with E-state index in [1.807, 2.05) is 18.2 Å². The summed E-state index contributed by atoms with van der Waals surface area (Å²) in [6, 6.07) is 12.2. The van der Waals surface area contributed by atoms with Gasteiger partial charge in [0.1, 0.15) is 5.75 Å². The normalized spacial score (nSPS) is 16.5. The second kappa shape index (κ2) is 5.83. The highest BCUT2D eigenvalue weighted by Gasteiger charge is 2.35. The van der Waals surface area contributed by atoms with Crippen LogP contribution in [0.15, 0.2) is 42.5 Å². The fourth-order valence-corrected chi connectivity index (χ4v) is 2.60. The lowest BCUT2D eigenvalue weighted by molar-refractivity contribution is -0.117. The van der Waals surface area contributed by atoms with Gasteiger partial charge in [0, 0.05) is 5.69 Å². The molecular weight excluding hydrogens is 281 g/mol. The summed E-state index contributed by atoms with van der Waals surface area (Å²) in [6.45, 7) is 1.76. The highest BCUT2D eigenvalue weighted by Crippen LogP contribution is 2.27. The van der Waals surface area contributed by atoms with Crippen LogP contribution in [0.5, 0.6) is 5.75 Å². The molecule has 3 rings (SSSR count). The molecule has 0 radical (unpaired) electrons. The molecule has 2 aromatic rings. The lowest BCUT2D eigenvalue weighted by atomic mass is 9.79. The highest BCUT2D eigenvalue weighted by atomic mass is 16.5. The Hall–Kier alpha value is -2.31. The van der Waals surface area contributed by atoms with E-state index in [1.165, 1.54) is 6.07 Å². The van der Waals surface area contributed by atoms with E-state index >= 15 is 0 Å². The first-order valence-electron chi connectivity index (χ1n) is 7.06. The van der Waals surface area contributed by atoms with Crippen LogP contribution in [0.2, 0.25) is 0 Å². The average Bonchev–Trinajstić information content (AvgIpc) is 2.80. The van der Waals surface area contributed by atoms with Gasteiger partial charge < -0.3 is 20.1 Å². The molecule has 0 fully saturated rings. The Morgan fingerprint density at radius 2 is 2.09 bits per heavy atom. The molecule has 1 unspecified atom stereocenters. The summed E-state index contributed by atoms with van der Waals surface area (Å²) in [4.78, 5) is 12.1. The predicted molar refractivity (Wildman–Crippen MR) is 84.0 cm³/mol. The topological polar surface area (TPSA) is 78.8 Å². The Kier molecular flexibility index (Phi) is 3.87. The monoisotopic (exact) mass is 297 g/mol. The molecule has 1 aliphatic rings. The summed E-state index contributed by atoms with van der Waals surface area (Å²) in [6.07, 6.45) is -0.335. The molecule has 0 saturated carbocycles. The predicted octanol–water partition coefficient (Wildman–Crippen LogP) is 1.49. The number of phenolic OH excluding ortho intramolecular Hbond substituents is 1. The SMILES string of the molecule is Cc1cc(NC(=O)CC2OB(O)c3ccccc32)ccc1O. The van der Waals surface area contributed by atoms with Crippen LogP contribution < -0.4 is 10.8 Å². The number of phenols is 1. The third-order valence-electron chi connectivity index (χ3n) is 3.75. The number of nitrogens with one attached hydrogen (secondary N) is 1. The maximum Gasteiger partial charge on any atom is 0.491 e. The van der Waals surface area contributed by atoms with Gasteiger partial charge >= 0.3 is 7.12 Å². The number of aryl methyl sites for hydroxylation is 1. The summed E-state index contributed by atoms with van der Waals surface area (Å²) in [5.41, 5.74) is 2.86. The zero-order valence-corrected chi connectivity index (χ0v) is 12.1. The first kappa shape index (κ1) is 14.6. The summed E-state index contributed by atoms with van der Waals surface area (Å²) in [7, 11) is -0.982. The van der Waals surface area contributed by atoms with Crippen LogP contribution in [0, 0.1) is 6.92 Å². The van der Waals surface area contributed by atoms with Gasteiger partial charge in [0.25, 0.3) is 0 Å². The van der Waals surface area contributed by atoms with Crippen molar-refractivity contribution >= 4 is 24.2 Å². The standard InChI is InChI=1S/C16H16BNO4/c1-10-8-11(6-7-14(10)19)18-16(20)9-15-12-4-2-3-5-13(12)17(21)22-15/h2-8,15,19,21H,9H2,1H3,(H,18,20). The van der Waals surface area contributed by atoms with Crippen molar-refractivity contribution in [3.8, 4) is 5.75 Å². The van der Waals surface area contributed by atoms with Crippen molar-refractivity contribution in [1.29, 1.82) is 0 Å². The third kappa shape index (κ3) is 2.84. The van der Waals surface area contributed by atoms with E-state index in [9.17, 15) is 14.9 Å². The minimum absolute atomic E-state index is 0.119. The fourth-order valence-electron chi connectivity index (χ4n) is 2.60. The Labute approximate surface area is 128 Å². The summed E-state index contributed by atoms with van der Waals surface area (Å²) < 4.78 is 5.44. The zero-order valence-electron chi connectivity index (χ0n) is 12.1. The largest absolute Gasteiger partial charge is 0.508 e. The van der Waals surface area contributed by atoms with Gasteiger partial charge in [0.15, 0.2) is 0 Å². The quantitative estimate of drug-likeness (QED) is 0.592. The first-order valence-corrected chi connectivity index (χ1v) is 7.06. The Morgan fingerprint density at radius 1 is 1.32 bits per heavy atom. The van der Waals surface area contributed by atoms with Gasteiger partial charge in [0.05, 0.1) is 12.5 Å². The molecule has 1 heterocycles. The van der Waals surface area contributed by atoms with Gasteiger partial charge in [-0.15, -0.1) is 0 Å². The molecule has 3 N–H and O–H groups in total. The molecule has 1 amide bonds. The van der Waals surface area contributed by atoms with Crippen LogP contribution in [-0.4, -0.2) is 23.2 Å². The molecule has 5 nitrogen and oxygen atoms in total. The van der Waals surface area contributed by atoms with Crippen molar-refractivity contribution in [2.24, 2.45) is 0 Å². The number of rotatable bonds is 3. The van der Waals surface area contributed by atoms with Gasteiger partial charge in [-0.05, 0) is 41.7 Å². The van der Waals surface area contributed by atoms with Gasteiger partial charge in [-0.3, -0.25) is 4.79 Å². The van der Waals surface area contributed by atoms with Gasteiger partial charge in [-0.2, -0.15) is 0 Å². The van der Waals surface area contributed by atoms with E-state index in [1.54, 1.807) is 25.1 Å². The van der Waals surface area contributed by atoms with Crippen LogP contribution in [0.25, 0.3) is 0 Å². The maximum atomic E-state index is 12.1. The van der Waals surface area contributed by atoms with Crippen molar-refractivity contribution in [1.82, 2.24) is 0 Å². The molecule has 0 saturated heterocycles. The number of hydrogen-bond acceptors (Lipinski definition) is 4. The summed E-state index contributed by atoms with van der Waals surface area (Å²) in [5.74, 6) is -0.0202. The summed E-state index contributed by atoms with van der Waals surface area (Å²) >= 11 is 0. The first-order chi connectivity index (χ1) is 10.5. The van der Waals surface area contributed by atoms with Crippen molar-refractivity contribution in [2.75, 3.05) is 5.32 Å². The number of benzene rings is 2. The summed E-state index contributed by atoms with van der Waals surface area (Å²) in [5, 5.41) is 22.1. The van der Waals surface area contributed by atoms with E-state index in [0.717, 1.165) is 5.56 Å². The number of amides is 1. The van der Waals surface area contributed by atoms with Crippen LogP contribution in [-0.2, 0) is 9.45 Å². The molecule has 2 aromatic carbocycles. The molecule has 112 valence electrons. The van der Waals surface area contributed by atoms with Crippen molar-refractivity contribution in [3.05, 3.63) is 53.6 Å². The van der Waals surface area contributed by atoms with Crippen molar-refractivity contribution in [3.63, 3.8) is 0 Å². The lowest BCUT2D eigenvalue weighted by Gasteiger charge is -2.13. The van der Waals surface area contributed by atoms with Crippen LogP contribution in [0.1, 0.15) is 23.7 Å². The van der Waals surface area contributed by atoms with Crippen LogP contribution in [0.3, 0.4) is 0 Å². The van der Waals surface area contributed by atoms with Gasteiger partial charge in [-0.25, -0.2) is 0 Å². The molecule has 0 bridgehead atoms. The molecule has 22 heavy (non-hydrogen) atoms. The number of aromatic hydroxyl groups is 1. The number of carbonyl (C=O) groups is 1. The van der Waals surface area contributed by atoms with Crippen molar-refractivity contribution < 1.29 is 19.6 Å². The molecule has 1 atom stereocenters. The molecule has 0 aliphatic carbocycles. The molecule has 6 heteroatoms. The maximum absolute atomic E-state index is 12.1. The van der Waals surface area contributed by atoms with E-state index in [4.69, 9.17) is 4.65 Å². The Morgan fingerprint density at radius 3 is 2.86 bits per heavy atom. The Bertz CT molecular complexity index is 719. The van der Waals surface area contributed by atoms with E-state index in [-0.39, 0.29) is 18.1 Å². The minimum Gasteiger partial charge on any atom is -0.508 e. The van der Waals surface area contributed by atoms with Gasteiger partial charge in [0.2, 0.25) is 5.91 Å². The Balaban J connectivity index is 1.69. The molecular formula is C16H16BNO4. The average molecular weight is 297 g/mol. The molecule has 0 spiro atoms. The van der Waals surface area contributed by atoms with E-state index in [2.05, 4.69) is 5.32 Å². The number of carbonyl (C=O) groups excluding carboxylic acids is 1. The smallest absolute Gasteiger partial charge is 0.491 e. The fraction of sp³-hybridized carbons (Fsp3) is 0.188. The lowest BCUT2D eigenvalue weighted by Crippen LogP contribution is -2.27. The van der Waals surface area contributed by atoms with E-state index in [0.29, 0.717) is 16.7 Å². The third-order valence-corrected chi connectivity index (χ3v) is 3.75. The van der Waals surface area contributed by atoms with Gasteiger partial charge in [-0.1, -0.05) is 24.3 Å². The van der Waals surface area contributed by atoms with Crippen LogP contribution >= 0.6 is 0 Å². The zero-order chi connectivity index (χ0) is 15.7. The number of fused-ring (bicyclic) bond motifs is 1. The number of anilines is 1. The minimum atomic E-state index is -0.982. The van der Waals surface area contributed by atoms with E-state index < -0.39 is 13.2 Å². The van der Waals surface area contributed by atoms with Crippen LogP contribution in [0.4, 0.5) is 5.69 Å². The molecule has 0 aromatic heterocycles. The second-order valence-electron chi connectivity index (χ2n) is 5.36.